The highest BCUT2D eigenvalue weighted by molar-refractivity contribution is 5.74. The molecule has 1 aromatic carbocycles. The van der Waals surface area contributed by atoms with Gasteiger partial charge in [-0.15, -0.1) is 0 Å². The standard InChI is InChI=1S/C8H7N2O/c1-11-10-6-9-7-4-2-3-5-8(7)10/h2-5H,1H3. The van der Waals surface area contributed by atoms with E-state index in [2.05, 4.69) is 11.3 Å². The van der Waals surface area contributed by atoms with Gasteiger partial charge in [0.05, 0.1) is 5.52 Å². The second-order valence-corrected chi connectivity index (χ2v) is 2.18. The Kier molecular flexibility index (Phi) is 1.28. The first-order valence-electron chi connectivity index (χ1n) is 3.31. The lowest BCUT2D eigenvalue weighted by molar-refractivity contribution is 0.175. The topological polar surface area (TPSA) is 27.1 Å². The zero-order chi connectivity index (χ0) is 7.68. The summed E-state index contributed by atoms with van der Waals surface area (Å²) in [5, 5.41) is 0. The van der Waals surface area contributed by atoms with Gasteiger partial charge in [0.2, 0.25) is 6.33 Å². The minimum atomic E-state index is 0.898. The van der Waals surface area contributed by atoms with Crippen molar-refractivity contribution in [2.75, 3.05) is 7.11 Å². The van der Waals surface area contributed by atoms with Gasteiger partial charge >= 0.3 is 0 Å². The largest absolute Gasteiger partial charge is 0.415 e. The third kappa shape index (κ3) is 0.852. The molecule has 0 unspecified atom stereocenters. The third-order valence-corrected chi connectivity index (χ3v) is 1.54. The Labute approximate surface area is 64.2 Å². The van der Waals surface area contributed by atoms with Crippen LogP contribution in [0.5, 0.6) is 0 Å². The second kappa shape index (κ2) is 2.27. The smallest absolute Gasteiger partial charge is 0.216 e. The van der Waals surface area contributed by atoms with E-state index in [4.69, 9.17) is 4.84 Å². The molecule has 0 atom stereocenters. The first-order chi connectivity index (χ1) is 5.42. The first kappa shape index (κ1) is 6.22. The molecule has 2 rings (SSSR count). The fourth-order valence-electron chi connectivity index (χ4n) is 1.02. The Balaban J connectivity index is 2.76. The summed E-state index contributed by atoms with van der Waals surface area (Å²) in [5.74, 6) is 0. The van der Waals surface area contributed by atoms with E-state index in [0.717, 1.165) is 11.0 Å². The van der Waals surface area contributed by atoms with Gasteiger partial charge in [0.25, 0.3) is 0 Å². The maximum Gasteiger partial charge on any atom is 0.216 e. The summed E-state index contributed by atoms with van der Waals surface area (Å²) in [6.07, 6.45) is 2.71. The number of imidazole rings is 1. The highest BCUT2D eigenvalue weighted by Gasteiger charge is 1.99. The minimum absolute atomic E-state index is 0.898. The molecule has 55 valence electrons. The van der Waals surface area contributed by atoms with Crippen LogP contribution in [0.1, 0.15) is 0 Å². The van der Waals surface area contributed by atoms with Crippen molar-refractivity contribution in [3.05, 3.63) is 30.6 Å². The molecule has 11 heavy (non-hydrogen) atoms. The van der Waals surface area contributed by atoms with Crippen LogP contribution in [0.4, 0.5) is 0 Å². The lowest BCUT2D eigenvalue weighted by Crippen LogP contribution is -2.02. The maximum absolute atomic E-state index is 4.97. The average molecular weight is 147 g/mol. The van der Waals surface area contributed by atoms with E-state index >= 15 is 0 Å². The predicted molar refractivity (Wildman–Crippen MR) is 41.1 cm³/mol. The van der Waals surface area contributed by atoms with Gasteiger partial charge in [0.15, 0.2) is 0 Å². The summed E-state index contributed by atoms with van der Waals surface area (Å²) in [4.78, 5) is 8.97. The summed E-state index contributed by atoms with van der Waals surface area (Å²) >= 11 is 0. The number of rotatable bonds is 1. The maximum atomic E-state index is 4.97. The fraction of sp³-hybridized carbons (Fsp3) is 0.125. The van der Waals surface area contributed by atoms with E-state index in [-0.39, 0.29) is 0 Å². The van der Waals surface area contributed by atoms with E-state index in [1.54, 1.807) is 7.11 Å². The van der Waals surface area contributed by atoms with Gasteiger partial charge in [-0.2, -0.15) is 4.73 Å². The summed E-state index contributed by atoms with van der Waals surface area (Å²) in [7, 11) is 1.59. The van der Waals surface area contributed by atoms with E-state index in [0.29, 0.717) is 0 Å². The molecule has 2 aromatic rings. The van der Waals surface area contributed by atoms with Crippen LogP contribution in [0.3, 0.4) is 0 Å². The number of para-hydroxylation sites is 2. The van der Waals surface area contributed by atoms with Gasteiger partial charge in [-0.05, 0) is 12.1 Å². The molecule has 0 saturated carbocycles. The molecular weight excluding hydrogens is 140 g/mol. The summed E-state index contributed by atoms with van der Waals surface area (Å²) < 4.78 is 1.51. The van der Waals surface area contributed by atoms with E-state index in [1.165, 1.54) is 4.73 Å². The van der Waals surface area contributed by atoms with Crippen molar-refractivity contribution in [2.24, 2.45) is 0 Å². The summed E-state index contributed by atoms with van der Waals surface area (Å²) in [6, 6.07) is 7.72. The van der Waals surface area contributed by atoms with Crippen LogP contribution in [0, 0.1) is 6.33 Å². The van der Waals surface area contributed by atoms with Gasteiger partial charge in [-0.3, -0.25) is 0 Å². The third-order valence-electron chi connectivity index (χ3n) is 1.54. The molecule has 0 amide bonds. The SMILES string of the molecule is COn1[c]nc2ccccc21. The molecule has 0 aliphatic rings. The van der Waals surface area contributed by atoms with Gasteiger partial charge in [0, 0.05) is 0 Å². The van der Waals surface area contributed by atoms with Crippen LogP contribution in [-0.4, -0.2) is 16.8 Å². The molecule has 0 spiro atoms. The van der Waals surface area contributed by atoms with Crippen molar-refractivity contribution in [3.63, 3.8) is 0 Å². The lowest BCUT2D eigenvalue weighted by atomic mass is 10.3. The van der Waals surface area contributed by atoms with Crippen LogP contribution < -0.4 is 4.84 Å². The molecular formula is C8H7N2O. The molecule has 0 N–H and O–H groups in total. The van der Waals surface area contributed by atoms with Crippen molar-refractivity contribution in [1.82, 2.24) is 9.71 Å². The summed E-state index contributed by atoms with van der Waals surface area (Å²) in [5.41, 5.74) is 1.84. The molecule has 1 aromatic heterocycles. The second-order valence-electron chi connectivity index (χ2n) is 2.18. The molecule has 3 heteroatoms. The quantitative estimate of drug-likeness (QED) is 0.599. The monoisotopic (exact) mass is 147 g/mol. The van der Waals surface area contributed by atoms with Crippen LogP contribution in [0.15, 0.2) is 24.3 Å². The molecule has 0 fully saturated rings. The van der Waals surface area contributed by atoms with Crippen molar-refractivity contribution < 1.29 is 4.84 Å². The summed E-state index contributed by atoms with van der Waals surface area (Å²) in [6.45, 7) is 0. The Hall–Kier alpha value is -1.51. The zero-order valence-electron chi connectivity index (χ0n) is 6.11. The number of nitrogens with zero attached hydrogens (tertiary/aromatic N) is 2. The highest BCUT2D eigenvalue weighted by atomic mass is 16.6. The Morgan fingerprint density at radius 3 is 3.09 bits per heavy atom. The minimum Gasteiger partial charge on any atom is -0.415 e. The van der Waals surface area contributed by atoms with E-state index in [1.807, 2.05) is 24.3 Å². The fourth-order valence-corrected chi connectivity index (χ4v) is 1.02. The van der Waals surface area contributed by atoms with Crippen molar-refractivity contribution >= 4 is 11.0 Å². The molecule has 0 saturated heterocycles. The molecule has 0 aliphatic heterocycles. The van der Waals surface area contributed by atoms with Crippen molar-refractivity contribution in [2.45, 2.75) is 0 Å². The number of hydrogen-bond donors (Lipinski definition) is 0. The van der Waals surface area contributed by atoms with Crippen LogP contribution >= 0.6 is 0 Å². The normalized spacial score (nSPS) is 10.3. The van der Waals surface area contributed by atoms with Crippen LogP contribution in [-0.2, 0) is 0 Å². The van der Waals surface area contributed by atoms with Crippen LogP contribution in [0.2, 0.25) is 0 Å². The van der Waals surface area contributed by atoms with Gasteiger partial charge in [-0.25, -0.2) is 4.98 Å². The van der Waals surface area contributed by atoms with E-state index in [9.17, 15) is 0 Å². The van der Waals surface area contributed by atoms with E-state index < -0.39 is 0 Å². The Morgan fingerprint density at radius 2 is 2.27 bits per heavy atom. The zero-order valence-corrected chi connectivity index (χ0v) is 6.11. The number of fused-ring (bicyclic) bond motifs is 1. The van der Waals surface area contributed by atoms with Crippen molar-refractivity contribution in [3.8, 4) is 0 Å². The predicted octanol–water partition coefficient (Wildman–Crippen LogP) is 0.895. The molecule has 1 radical (unpaired) electrons. The molecule has 0 aliphatic carbocycles. The number of hydrogen-bond acceptors (Lipinski definition) is 2. The number of benzene rings is 1. The Morgan fingerprint density at radius 1 is 1.45 bits per heavy atom. The number of aromatic nitrogens is 2. The molecule has 0 bridgehead atoms. The van der Waals surface area contributed by atoms with Crippen molar-refractivity contribution in [1.29, 1.82) is 0 Å². The Bertz CT molecular complexity index is 367. The van der Waals surface area contributed by atoms with Crippen LogP contribution in [0.25, 0.3) is 11.0 Å². The van der Waals surface area contributed by atoms with Gasteiger partial charge < -0.3 is 4.84 Å². The van der Waals surface area contributed by atoms with Gasteiger partial charge in [0.1, 0.15) is 12.6 Å². The average Bonchev–Trinajstić information content (AvgIpc) is 2.47. The molecule has 1 heterocycles. The lowest BCUT2D eigenvalue weighted by Gasteiger charge is -1.97. The van der Waals surface area contributed by atoms with Gasteiger partial charge in [-0.1, -0.05) is 12.1 Å². The highest BCUT2D eigenvalue weighted by Crippen LogP contribution is 2.08. The molecule has 3 nitrogen and oxygen atoms in total. The first-order valence-corrected chi connectivity index (χ1v) is 3.31.